The zero-order chi connectivity index (χ0) is 24.5. The molecule has 0 aliphatic carbocycles. The summed E-state index contributed by atoms with van der Waals surface area (Å²) in [5.74, 6) is 2.49. The Bertz CT molecular complexity index is 972. The molecule has 34 heavy (non-hydrogen) atoms. The fourth-order valence-electron chi connectivity index (χ4n) is 4.17. The number of carbonyl (C=O) groups excluding carboxylic acids is 1. The van der Waals surface area contributed by atoms with Crippen LogP contribution >= 0.6 is 0 Å². The SMILES string of the molecule is CCOc1ccc(/C=C/c2cc(OC)c(OC)c(OC)c2)cc1NC(=O)C1CCN(CC)CC1. The molecule has 2 aromatic carbocycles. The third-order valence-electron chi connectivity index (χ3n) is 6.12. The first-order chi connectivity index (χ1) is 16.5. The highest BCUT2D eigenvalue weighted by atomic mass is 16.5. The van der Waals surface area contributed by atoms with Gasteiger partial charge in [0.2, 0.25) is 11.7 Å². The van der Waals surface area contributed by atoms with Gasteiger partial charge in [0.1, 0.15) is 5.75 Å². The molecule has 7 nitrogen and oxygen atoms in total. The van der Waals surface area contributed by atoms with Crippen molar-refractivity contribution in [3.8, 4) is 23.0 Å². The Labute approximate surface area is 202 Å². The van der Waals surface area contributed by atoms with E-state index in [1.165, 1.54) is 0 Å². The van der Waals surface area contributed by atoms with Crippen molar-refractivity contribution in [2.24, 2.45) is 5.92 Å². The van der Waals surface area contributed by atoms with Crippen molar-refractivity contribution in [3.63, 3.8) is 0 Å². The molecule has 3 rings (SSSR count). The van der Waals surface area contributed by atoms with Gasteiger partial charge in [-0.3, -0.25) is 4.79 Å². The number of carbonyl (C=O) groups is 1. The van der Waals surface area contributed by atoms with E-state index in [1.54, 1.807) is 21.3 Å². The zero-order valence-electron chi connectivity index (χ0n) is 20.8. The fourth-order valence-corrected chi connectivity index (χ4v) is 4.17. The second-order valence-electron chi connectivity index (χ2n) is 8.18. The van der Waals surface area contributed by atoms with Crippen LogP contribution in [0, 0.1) is 5.92 Å². The summed E-state index contributed by atoms with van der Waals surface area (Å²) in [6.45, 7) is 7.58. The number of piperidine rings is 1. The van der Waals surface area contributed by atoms with Crippen molar-refractivity contribution in [2.75, 3.05) is 52.9 Å². The van der Waals surface area contributed by atoms with E-state index in [0.29, 0.717) is 35.3 Å². The maximum atomic E-state index is 13.0. The molecule has 0 saturated carbocycles. The molecule has 0 aromatic heterocycles. The monoisotopic (exact) mass is 468 g/mol. The highest BCUT2D eigenvalue weighted by Crippen LogP contribution is 2.38. The lowest BCUT2D eigenvalue weighted by atomic mass is 9.96. The summed E-state index contributed by atoms with van der Waals surface area (Å²) >= 11 is 0. The Balaban J connectivity index is 1.80. The second-order valence-corrected chi connectivity index (χ2v) is 8.18. The zero-order valence-corrected chi connectivity index (χ0v) is 20.8. The summed E-state index contributed by atoms with van der Waals surface area (Å²) in [5, 5.41) is 3.12. The fraction of sp³-hybridized carbons (Fsp3) is 0.444. The Morgan fingerprint density at radius 3 is 2.15 bits per heavy atom. The van der Waals surface area contributed by atoms with Gasteiger partial charge in [-0.15, -0.1) is 0 Å². The van der Waals surface area contributed by atoms with Gasteiger partial charge in [-0.1, -0.05) is 25.1 Å². The summed E-state index contributed by atoms with van der Waals surface area (Å²) in [7, 11) is 4.77. The lowest BCUT2D eigenvalue weighted by Crippen LogP contribution is -2.38. The normalized spacial score (nSPS) is 14.7. The standard InChI is InChI=1S/C27H36N2O5/c1-6-29-14-12-21(13-15-29)27(30)28-22-16-19(10-11-23(22)34-7-2)8-9-20-17-24(31-3)26(33-5)25(18-20)32-4/h8-11,16-18,21H,6-7,12-15H2,1-5H3,(H,28,30)/b9-8+. The molecule has 0 spiro atoms. The van der Waals surface area contributed by atoms with Gasteiger partial charge in [0.25, 0.3) is 0 Å². The van der Waals surface area contributed by atoms with Crippen molar-refractivity contribution < 1.29 is 23.7 Å². The molecule has 7 heteroatoms. The maximum absolute atomic E-state index is 13.0. The van der Waals surface area contributed by atoms with Crippen LogP contribution in [0.25, 0.3) is 12.2 Å². The highest BCUT2D eigenvalue weighted by Gasteiger charge is 2.25. The molecule has 0 atom stereocenters. The molecule has 1 aliphatic rings. The van der Waals surface area contributed by atoms with Crippen LogP contribution in [0.3, 0.4) is 0 Å². The van der Waals surface area contributed by atoms with E-state index in [-0.39, 0.29) is 11.8 Å². The van der Waals surface area contributed by atoms with E-state index in [1.807, 2.05) is 49.4 Å². The van der Waals surface area contributed by atoms with Crippen LogP contribution in [-0.2, 0) is 4.79 Å². The van der Waals surface area contributed by atoms with Gasteiger partial charge in [-0.25, -0.2) is 0 Å². The molecule has 1 N–H and O–H groups in total. The van der Waals surface area contributed by atoms with E-state index in [9.17, 15) is 4.79 Å². The summed E-state index contributed by atoms with van der Waals surface area (Å²) in [4.78, 5) is 15.3. The summed E-state index contributed by atoms with van der Waals surface area (Å²) in [5.41, 5.74) is 2.53. The van der Waals surface area contributed by atoms with Gasteiger partial charge >= 0.3 is 0 Å². The molecule has 0 unspecified atom stereocenters. The third-order valence-corrected chi connectivity index (χ3v) is 6.12. The third kappa shape index (κ3) is 6.23. The molecule has 0 radical (unpaired) electrons. The number of hydrogen-bond acceptors (Lipinski definition) is 6. The molecular weight excluding hydrogens is 432 g/mol. The van der Waals surface area contributed by atoms with Gasteiger partial charge in [0.05, 0.1) is 33.6 Å². The first-order valence-corrected chi connectivity index (χ1v) is 11.8. The maximum Gasteiger partial charge on any atom is 0.227 e. The number of nitrogens with one attached hydrogen (secondary N) is 1. The van der Waals surface area contributed by atoms with Crippen LogP contribution in [0.5, 0.6) is 23.0 Å². The quantitative estimate of drug-likeness (QED) is 0.498. The number of amides is 1. The molecule has 1 heterocycles. The average Bonchev–Trinajstić information content (AvgIpc) is 2.88. The van der Waals surface area contributed by atoms with Crippen molar-refractivity contribution in [1.29, 1.82) is 0 Å². The summed E-state index contributed by atoms with van der Waals surface area (Å²) in [6.07, 6.45) is 5.70. The van der Waals surface area contributed by atoms with Gasteiger partial charge in [0.15, 0.2) is 11.5 Å². The van der Waals surface area contributed by atoms with Crippen LogP contribution in [0.2, 0.25) is 0 Å². The number of anilines is 1. The second kappa shape index (κ2) is 12.3. The van der Waals surface area contributed by atoms with E-state index >= 15 is 0 Å². The molecule has 1 aliphatic heterocycles. The topological polar surface area (TPSA) is 69.3 Å². The minimum Gasteiger partial charge on any atom is -0.493 e. The van der Waals surface area contributed by atoms with Crippen molar-refractivity contribution in [1.82, 2.24) is 4.90 Å². The number of rotatable bonds is 10. The molecule has 0 bridgehead atoms. The van der Waals surface area contributed by atoms with Crippen LogP contribution in [0.4, 0.5) is 5.69 Å². The van der Waals surface area contributed by atoms with E-state index in [2.05, 4.69) is 17.1 Å². The Hall–Kier alpha value is -3.19. The van der Waals surface area contributed by atoms with Gasteiger partial charge in [-0.05, 0) is 74.8 Å². The minimum absolute atomic E-state index is 0.0238. The van der Waals surface area contributed by atoms with Gasteiger partial charge in [-0.2, -0.15) is 0 Å². The van der Waals surface area contributed by atoms with Crippen LogP contribution in [0.15, 0.2) is 30.3 Å². The summed E-state index contributed by atoms with van der Waals surface area (Å²) < 4.78 is 22.1. The Morgan fingerprint density at radius 1 is 0.941 bits per heavy atom. The number of methoxy groups -OCH3 is 3. The average molecular weight is 469 g/mol. The van der Waals surface area contributed by atoms with Crippen LogP contribution in [0.1, 0.15) is 37.8 Å². The highest BCUT2D eigenvalue weighted by molar-refractivity contribution is 5.94. The Morgan fingerprint density at radius 2 is 1.59 bits per heavy atom. The van der Waals surface area contributed by atoms with Gasteiger partial charge < -0.3 is 29.2 Å². The summed E-state index contributed by atoms with van der Waals surface area (Å²) in [6, 6.07) is 9.58. The number of ether oxygens (including phenoxy) is 4. The minimum atomic E-state index is 0.0238. The van der Waals surface area contributed by atoms with E-state index in [0.717, 1.165) is 43.6 Å². The molecule has 1 fully saturated rings. The molecule has 184 valence electrons. The van der Waals surface area contributed by atoms with Crippen molar-refractivity contribution in [2.45, 2.75) is 26.7 Å². The first kappa shape index (κ1) is 25.4. The lowest BCUT2D eigenvalue weighted by molar-refractivity contribution is -0.121. The first-order valence-electron chi connectivity index (χ1n) is 11.8. The van der Waals surface area contributed by atoms with Crippen molar-refractivity contribution in [3.05, 3.63) is 41.5 Å². The van der Waals surface area contributed by atoms with Crippen LogP contribution in [-0.4, -0.2) is 58.4 Å². The molecule has 1 amide bonds. The largest absolute Gasteiger partial charge is 0.493 e. The van der Waals surface area contributed by atoms with Gasteiger partial charge in [0, 0.05) is 5.92 Å². The number of hydrogen-bond donors (Lipinski definition) is 1. The smallest absolute Gasteiger partial charge is 0.227 e. The number of benzene rings is 2. The molecule has 1 saturated heterocycles. The number of likely N-dealkylation sites (tertiary alicyclic amines) is 1. The Kier molecular flexibility index (Phi) is 9.22. The molecule has 2 aromatic rings. The lowest BCUT2D eigenvalue weighted by Gasteiger charge is -2.30. The molecular formula is C27H36N2O5. The predicted octanol–water partition coefficient (Wildman–Crippen LogP) is 4.95. The van der Waals surface area contributed by atoms with Crippen molar-refractivity contribution >= 4 is 23.7 Å². The van der Waals surface area contributed by atoms with E-state index < -0.39 is 0 Å². The van der Waals surface area contributed by atoms with Crippen LogP contribution < -0.4 is 24.3 Å². The number of nitrogens with zero attached hydrogens (tertiary/aromatic N) is 1. The predicted molar refractivity (Wildman–Crippen MR) is 136 cm³/mol. The van der Waals surface area contributed by atoms with E-state index in [4.69, 9.17) is 18.9 Å².